The smallest absolute Gasteiger partial charge is 0.272 e. The van der Waals surface area contributed by atoms with Crippen molar-refractivity contribution >= 4 is 23.9 Å². The summed E-state index contributed by atoms with van der Waals surface area (Å²) in [5, 5.41) is 0. The van der Waals surface area contributed by atoms with Crippen LogP contribution in [0.2, 0.25) is 0 Å². The van der Waals surface area contributed by atoms with Crippen LogP contribution in [0.5, 0.6) is 0 Å². The largest absolute Gasteiger partial charge is 0.392 e. The third kappa shape index (κ3) is 2.32. The Labute approximate surface area is 92.7 Å². The molecule has 0 saturated heterocycles. The lowest BCUT2D eigenvalue weighted by Crippen LogP contribution is -2.41. The van der Waals surface area contributed by atoms with Gasteiger partial charge in [0.1, 0.15) is 0 Å². The van der Waals surface area contributed by atoms with Crippen LogP contribution in [0.4, 0.5) is 5.69 Å². The molecule has 0 saturated carbocycles. The first-order valence-electron chi connectivity index (χ1n) is 4.00. The van der Waals surface area contributed by atoms with E-state index < -0.39 is 18.2 Å². The van der Waals surface area contributed by atoms with Gasteiger partial charge in [0.25, 0.3) is 0 Å². The molecule has 0 unspecified atom stereocenters. The minimum atomic E-state index is -5.29. The Bertz CT molecular complexity index is 576. The zero-order chi connectivity index (χ0) is 12.6. The van der Waals surface area contributed by atoms with E-state index in [1.807, 2.05) is 0 Å². The van der Waals surface area contributed by atoms with E-state index in [0.717, 1.165) is 5.56 Å². The van der Waals surface area contributed by atoms with E-state index in [4.69, 9.17) is 10.4 Å². The molecule has 0 aliphatic rings. The van der Waals surface area contributed by atoms with E-state index in [2.05, 4.69) is 0 Å². The van der Waals surface area contributed by atoms with Gasteiger partial charge in [0, 0.05) is 0 Å². The van der Waals surface area contributed by atoms with Crippen molar-refractivity contribution in [2.24, 2.45) is 5.84 Å². The lowest BCUT2D eigenvalue weighted by Gasteiger charge is -2.16. The second-order valence-corrected chi connectivity index (χ2v) is 7.65. The van der Waals surface area contributed by atoms with Gasteiger partial charge in [-0.1, -0.05) is 17.7 Å². The minimum Gasteiger partial charge on any atom is -0.272 e. The highest BCUT2D eigenvalue weighted by Gasteiger charge is 2.33. The fourth-order valence-electron chi connectivity index (χ4n) is 0.922. The van der Waals surface area contributed by atoms with Gasteiger partial charge in [0.05, 0.1) is 5.69 Å². The van der Waals surface area contributed by atoms with Crippen molar-refractivity contribution < 1.29 is 21.4 Å². The summed E-state index contributed by atoms with van der Waals surface area (Å²) in [7, 11) is -10.3. The van der Waals surface area contributed by atoms with Crippen molar-refractivity contribution in [1.82, 2.24) is 0 Å². The lowest BCUT2D eigenvalue weighted by molar-refractivity contribution is 0.492. The van der Waals surface area contributed by atoms with Gasteiger partial charge in [-0.15, -0.1) is 0 Å². The number of aryl methyl sites for hydroxylation is 1. The van der Waals surface area contributed by atoms with Crippen LogP contribution in [0.1, 0.15) is 5.56 Å². The molecule has 90 valence electrons. The van der Waals surface area contributed by atoms with Gasteiger partial charge in [-0.3, -0.25) is 4.55 Å². The SMILES string of the molecule is Cc1ccc(N(N)S(=O)(=O)S(=O)(=O)O)cc1. The molecule has 0 aromatic heterocycles. The van der Waals surface area contributed by atoms with Crippen molar-refractivity contribution in [3.8, 4) is 0 Å². The number of nitrogens with two attached hydrogens (primary N) is 1. The molecule has 16 heavy (non-hydrogen) atoms. The maximum atomic E-state index is 11.2. The van der Waals surface area contributed by atoms with Crippen molar-refractivity contribution in [1.29, 1.82) is 0 Å². The molecule has 0 spiro atoms. The van der Waals surface area contributed by atoms with E-state index in [-0.39, 0.29) is 10.1 Å². The molecule has 0 fully saturated rings. The summed E-state index contributed by atoms with van der Waals surface area (Å²) in [6.45, 7) is 1.77. The van der Waals surface area contributed by atoms with Gasteiger partial charge in [-0.25, -0.2) is 5.84 Å². The van der Waals surface area contributed by atoms with Crippen molar-refractivity contribution in [3.63, 3.8) is 0 Å². The predicted octanol–water partition coefficient (Wildman–Crippen LogP) is -0.192. The number of hydrogen-bond donors (Lipinski definition) is 2. The van der Waals surface area contributed by atoms with Gasteiger partial charge >= 0.3 is 18.2 Å². The Balaban J connectivity index is 3.23. The fraction of sp³-hybridized carbons (Fsp3) is 0.143. The van der Waals surface area contributed by atoms with E-state index >= 15 is 0 Å². The first-order chi connectivity index (χ1) is 7.16. The molecular weight excluding hydrogens is 256 g/mol. The first-order valence-corrected chi connectivity index (χ1v) is 7.40. The number of rotatable bonds is 3. The van der Waals surface area contributed by atoms with E-state index in [0.29, 0.717) is 0 Å². The van der Waals surface area contributed by atoms with E-state index in [1.165, 1.54) is 12.1 Å². The van der Waals surface area contributed by atoms with Crippen LogP contribution in [0, 0.1) is 6.92 Å². The van der Waals surface area contributed by atoms with E-state index in [1.54, 1.807) is 19.1 Å². The summed E-state index contributed by atoms with van der Waals surface area (Å²) in [5.74, 6) is 5.12. The second kappa shape index (κ2) is 4.01. The van der Waals surface area contributed by atoms with Crippen molar-refractivity contribution in [2.75, 3.05) is 4.41 Å². The van der Waals surface area contributed by atoms with Gasteiger partial charge in [0.15, 0.2) is 0 Å². The molecule has 0 heterocycles. The lowest BCUT2D eigenvalue weighted by atomic mass is 10.2. The molecule has 1 aromatic carbocycles. The molecule has 0 radical (unpaired) electrons. The maximum Gasteiger partial charge on any atom is 0.392 e. The van der Waals surface area contributed by atoms with Gasteiger partial charge in [-0.05, 0) is 19.1 Å². The standard InChI is InChI=1S/C7H10N2O5S2/c1-6-2-4-7(5-3-6)9(8)15(10,11)16(12,13)14/h2-5H,8H2,1H3,(H,12,13,14). The quantitative estimate of drug-likeness (QED) is 0.339. The Morgan fingerprint density at radius 3 is 1.94 bits per heavy atom. The Morgan fingerprint density at radius 1 is 1.12 bits per heavy atom. The van der Waals surface area contributed by atoms with Crippen LogP contribution in [-0.4, -0.2) is 21.4 Å². The molecule has 1 rings (SSSR count). The van der Waals surface area contributed by atoms with Crippen molar-refractivity contribution in [2.45, 2.75) is 6.92 Å². The van der Waals surface area contributed by atoms with Crippen LogP contribution < -0.4 is 10.3 Å². The number of anilines is 1. The minimum absolute atomic E-state index is 0.00176. The molecule has 3 N–H and O–H groups in total. The fourth-order valence-corrected chi connectivity index (χ4v) is 2.37. The Morgan fingerprint density at radius 2 is 1.56 bits per heavy atom. The number of nitrogens with zero attached hydrogens (tertiary/aromatic N) is 1. The third-order valence-electron chi connectivity index (χ3n) is 1.80. The van der Waals surface area contributed by atoms with Crippen molar-refractivity contribution in [3.05, 3.63) is 29.8 Å². The number of hydrogen-bond acceptors (Lipinski definition) is 5. The average Bonchev–Trinajstić information content (AvgIpc) is 2.16. The Kier molecular flexibility index (Phi) is 3.24. The van der Waals surface area contributed by atoms with Crippen LogP contribution >= 0.6 is 0 Å². The molecule has 0 aliphatic heterocycles. The van der Waals surface area contributed by atoms with Crippen LogP contribution in [0.3, 0.4) is 0 Å². The normalized spacial score (nSPS) is 12.4. The molecule has 0 bridgehead atoms. The predicted molar refractivity (Wildman–Crippen MR) is 58.3 cm³/mol. The number of benzene rings is 1. The summed E-state index contributed by atoms with van der Waals surface area (Å²) in [6, 6.07) is 5.74. The summed E-state index contributed by atoms with van der Waals surface area (Å²) in [6.07, 6.45) is 0. The number of hydrazine groups is 1. The van der Waals surface area contributed by atoms with Crippen LogP contribution in [0.15, 0.2) is 24.3 Å². The zero-order valence-electron chi connectivity index (χ0n) is 8.23. The summed E-state index contributed by atoms with van der Waals surface area (Å²) in [5.41, 5.74) is 0.782. The molecule has 1 aromatic rings. The Hall–Kier alpha value is -1.16. The molecule has 0 amide bonds. The zero-order valence-corrected chi connectivity index (χ0v) is 9.86. The second-order valence-electron chi connectivity index (χ2n) is 3.02. The molecule has 9 heteroatoms. The van der Waals surface area contributed by atoms with Gasteiger partial charge < -0.3 is 0 Å². The first kappa shape index (κ1) is 12.9. The summed E-state index contributed by atoms with van der Waals surface area (Å²) >= 11 is 0. The molecule has 7 nitrogen and oxygen atoms in total. The summed E-state index contributed by atoms with van der Waals surface area (Å²) in [4.78, 5) is 0. The topological polar surface area (TPSA) is 118 Å². The summed E-state index contributed by atoms with van der Waals surface area (Å²) < 4.78 is 52.1. The van der Waals surface area contributed by atoms with Crippen LogP contribution in [-0.2, 0) is 18.2 Å². The van der Waals surface area contributed by atoms with Gasteiger partial charge in [-0.2, -0.15) is 21.2 Å². The maximum absolute atomic E-state index is 11.2. The molecular formula is C7H10N2O5S2. The third-order valence-corrected chi connectivity index (χ3v) is 5.10. The molecule has 0 aliphatic carbocycles. The van der Waals surface area contributed by atoms with Gasteiger partial charge in [0.2, 0.25) is 0 Å². The molecule has 0 atom stereocenters. The average molecular weight is 266 g/mol. The van der Waals surface area contributed by atoms with Crippen LogP contribution in [0.25, 0.3) is 0 Å². The van der Waals surface area contributed by atoms with E-state index in [9.17, 15) is 16.8 Å². The highest BCUT2D eigenvalue weighted by molar-refractivity contribution is 8.65. The highest BCUT2D eigenvalue weighted by Crippen LogP contribution is 2.17. The highest BCUT2D eigenvalue weighted by atomic mass is 33.2. The monoisotopic (exact) mass is 266 g/mol.